The van der Waals surface area contributed by atoms with E-state index in [4.69, 9.17) is 0 Å². The molecule has 0 heterocycles. The number of hydrogen-bond acceptors (Lipinski definition) is 3. The van der Waals surface area contributed by atoms with E-state index in [9.17, 15) is 13.2 Å². The Bertz CT molecular complexity index is 964. The van der Waals surface area contributed by atoms with Crippen molar-refractivity contribution in [3.05, 3.63) is 51.6 Å². The van der Waals surface area contributed by atoms with Gasteiger partial charge in [-0.3, -0.25) is 9.52 Å². The van der Waals surface area contributed by atoms with Crippen LogP contribution in [0.5, 0.6) is 0 Å². The molecule has 0 saturated carbocycles. The smallest absolute Gasteiger partial charge is 0.262 e. The summed E-state index contributed by atoms with van der Waals surface area (Å²) < 4.78 is 29.0. The number of benzene rings is 2. The van der Waals surface area contributed by atoms with Crippen molar-refractivity contribution < 1.29 is 13.2 Å². The first kappa shape index (κ1) is 20.0. The van der Waals surface area contributed by atoms with Crippen molar-refractivity contribution in [3.63, 3.8) is 0 Å². The van der Waals surface area contributed by atoms with Gasteiger partial charge in [0, 0.05) is 12.6 Å². The highest BCUT2D eigenvalue weighted by atomic mass is 32.2. The number of amides is 1. The van der Waals surface area contributed by atoms with Crippen LogP contribution in [0.1, 0.15) is 40.3 Å². The number of nitrogens with one attached hydrogen (secondary N) is 2. The van der Waals surface area contributed by atoms with Gasteiger partial charge in [0.25, 0.3) is 10.0 Å². The van der Waals surface area contributed by atoms with Crippen LogP contribution in [-0.2, 0) is 14.8 Å². The normalized spacial score (nSPS) is 11.3. The maximum Gasteiger partial charge on any atom is 0.262 e. The highest BCUT2D eigenvalue weighted by Crippen LogP contribution is 2.32. The Kier molecular flexibility index (Phi) is 5.47. The van der Waals surface area contributed by atoms with Crippen molar-refractivity contribution in [2.24, 2.45) is 0 Å². The van der Waals surface area contributed by atoms with E-state index in [1.165, 1.54) is 6.92 Å². The summed E-state index contributed by atoms with van der Waals surface area (Å²) in [6, 6.07) is 5.14. The lowest BCUT2D eigenvalue weighted by Crippen LogP contribution is -2.18. The lowest BCUT2D eigenvalue weighted by atomic mass is 9.95. The number of anilines is 2. The van der Waals surface area contributed by atoms with E-state index in [1.54, 1.807) is 25.1 Å². The summed E-state index contributed by atoms with van der Waals surface area (Å²) in [7, 11) is -3.77. The molecule has 1 amide bonds. The number of hydrogen-bond donors (Lipinski definition) is 2. The van der Waals surface area contributed by atoms with Crippen LogP contribution in [0.4, 0.5) is 11.4 Å². The third-order valence-corrected chi connectivity index (χ3v) is 6.73. The first-order valence-electron chi connectivity index (χ1n) is 8.44. The Balaban J connectivity index is 2.57. The minimum Gasteiger partial charge on any atom is -0.326 e. The van der Waals surface area contributed by atoms with Gasteiger partial charge in [-0.25, -0.2) is 8.42 Å². The van der Waals surface area contributed by atoms with Crippen LogP contribution in [0.25, 0.3) is 0 Å². The summed E-state index contributed by atoms with van der Waals surface area (Å²) in [5.74, 6) is -0.204. The Morgan fingerprint density at radius 3 is 1.73 bits per heavy atom. The fourth-order valence-corrected chi connectivity index (χ4v) is 4.86. The number of sulfonamides is 1. The van der Waals surface area contributed by atoms with Crippen LogP contribution in [0.2, 0.25) is 0 Å². The van der Waals surface area contributed by atoms with Gasteiger partial charge in [-0.15, -0.1) is 0 Å². The predicted octanol–water partition coefficient (Wildman–Crippen LogP) is 4.30. The highest BCUT2D eigenvalue weighted by Gasteiger charge is 2.24. The molecule has 0 aromatic heterocycles. The van der Waals surface area contributed by atoms with Crippen LogP contribution >= 0.6 is 0 Å². The van der Waals surface area contributed by atoms with Gasteiger partial charge in [0.05, 0.1) is 10.6 Å². The Morgan fingerprint density at radius 1 is 0.769 bits per heavy atom. The molecule has 0 aliphatic carbocycles. The minimum absolute atomic E-state index is 0.204. The number of carbonyl (C=O) groups is 1. The Morgan fingerprint density at radius 2 is 1.23 bits per heavy atom. The van der Waals surface area contributed by atoms with Crippen molar-refractivity contribution in [1.82, 2.24) is 0 Å². The molecule has 2 aromatic rings. The van der Waals surface area contributed by atoms with Crippen LogP contribution < -0.4 is 10.0 Å². The van der Waals surface area contributed by atoms with Gasteiger partial charge in [-0.05, 0) is 87.1 Å². The average molecular weight is 375 g/mol. The van der Waals surface area contributed by atoms with Crippen LogP contribution in [0.15, 0.2) is 23.1 Å². The van der Waals surface area contributed by atoms with Crippen molar-refractivity contribution in [2.45, 2.75) is 53.4 Å². The molecule has 0 saturated heterocycles. The van der Waals surface area contributed by atoms with Crippen LogP contribution in [0, 0.1) is 41.5 Å². The topological polar surface area (TPSA) is 75.3 Å². The minimum atomic E-state index is -3.77. The van der Waals surface area contributed by atoms with E-state index in [2.05, 4.69) is 10.0 Å². The zero-order valence-electron chi connectivity index (χ0n) is 16.4. The summed E-state index contributed by atoms with van der Waals surface area (Å²) in [5, 5.41) is 2.71. The number of rotatable bonds is 4. The maximum absolute atomic E-state index is 13.1. The summed E-state index contributed by atoms with van der Waals surface area (Å²) in [6.07, 6.45) is 0. The number of carbonyl (C=O) groups excluding carboxylic acids is 1. The zero-order chi connectivity index (χ0) is 19.8. The standard InChI is InChI=1S/C20H26N2O3S/c1-11-12(2)14(4)20(15(5)13(11)3)26(24,25)22-19-10-8-9-18(16(19)6)21-17(7)23/h8-10,22H,1-7H3,(H,21,23). The van der Waals surface area contributed by atoms with Crippen molar-refractivity contribution in [3.8, 4) is 0 Å². The van der Waals surface area contributed by atoms with Gasteiger partial charge in [0.1, 0.15) is 0 Å². The molecule has 140 valence electrons. The van der Waals surface area contributed by atoms with Crippen molar-refractivity contribution >= 4 is 27.3 Å². The molecule has 5 nitrogen and oxygen atoms in total. The lowest BCUT2D eigenvalue weighted by molar-refractivity contribution is -0.114. The highest BCUT2D eigenvalue weighted by molar-refractivity contribution is 7.92. The predicted molar refractivity (Wildman–Crippen MR) is 106 cm³/mol. The van der Waals surface area contributed by atoms with Gasteiger partial charge in [-0.2, -0.15) is 0 Å². The van der Waals surface area contributed by atoms with Gasteiger partial charge < -0.3 is 5.32 Å². The SMILES string of the molecule is CC(=O)Nc1cccc(NS(=O)(=O)c2c(C)c(C)c(C)c(C)c2C)c1C. The quantitative estimate of drug-likeness (QED) is 0.838. The molecule has 0 unspecified atom stereocenters. The Labute approximate surface area is 155 Å². The third-order valence-electron chi connectivity index (χ3n) is 5.09. The van der Waals surface area contributed by atoms with E-state index in [1.807, 2.05) is 34.6 Å². The lowest BCUT2D eigenvalue weighted by Gasteiger charge is -2.20. The molecule has 2 rings (SSSR count). The average Bonchev–Trinajstić information content (AvgIpc) is 2.54. The van der Waals surface area contributed by atoms with E-state index in [0.717, 1.165) is 27.8 Å². The first-order chi connectivity index (χ1) is 12.0. The van der Waals surface area contributed by atoms with Crippen LogP contribution in [0.3, 0.4) is 0 Å². The maximum atomic E-state index is 13.1. The summed E-state index contributed by atoms with van der Waals surface area (Å²) in [5.41, 5.74) is 6.30. The molecule has 0 atom stereocenters. The monoisotopic (exact) mass is 374 g/mol. The molecule has 0 fully saturated rings. The molecule has 2 N–H and O–H groups in total. The van der Waals surface area contributed by atoms with Gasteiger partial charge in [0.2, 0.25) is 5.91 Å². The summed E-state index contributed by atoms with van der Waals surface area (Å²) in [4.78, 5) is 11.7. The molecule has 6 heteroatoms. The fraction of sp³-hybridized carbons (Fsp3) is 0.350. The molecule has 0 radical (unpaired) electrons. The van der Waals surface area contributed by atoms with E-state index >= 15 is 0 Å². The zero-order valence-corrected chi connectivity index (χ0v) is 17.2. The molecular weight excluding hydrogens is 348 g/mol. The van der Waals surface area contributed by atoms with E-state index < -0.39 is 10.0 Å². The summed E-state index contributed by atoms with van der Waals surface area (Å²) in [6.45, 7) is 12.8. The largest absolute Gasteiger partial charge is 0.326 e. The van der Waals surface area contributed by atoms with Crippen molar-refractivity contribution in [2.75, 3.05) is 10.0 Å². The molecule has 26 heavy (non-hydrogen) atoms. The second-order valence-corrected chi connectivity index (χ2v) is 8.34. The molecule has 0 bridgehead atoms. The van der Waals surface area contributed by atoms with Crippen molar-refractivity contribution in [1.29, 1.82) is 0 Å². The Hall–Kier alpha value is -2.34. The van der Waals surface area contributed by atoms with Gasteiger partial charge >= 0.3 is 0 Å². The molecule has 2 aromatic carbocycles. The van der Waals surface area contributed by atoms with E-state index in [-0.39, 0.29) is 5.91 Å². The molecule has 0 aliphatic heterocycles. The molecular formula is C20H26N2O3S. The van der Waals surface area contributed by atoms with Gasteiger partial charge in [-0.1, -0.05) is 6.07 Å². The molecule has 0 aliphatic rings. The second kappa shape index (κ2) is 7.11. The molecule has 0 spiro atoms. The summed E-state index contributed by atoms with van der Waals surface area (Å²) >= 11 is 0. The first-order valence-corrected chi connectivity index (χ1v) is 9.92. The van der Waals surface area contributed by atoms with Gasteiger partial charge in [0.15, 0.2) is 0 Å². The van der Waals surface area contributed by atoms with E-state index in [0.29, 0.717) is 21.8 Å². The third kappa shape index (κ3) is 3.60. The van der Waals surface area contributed by atoms with Crippen LogP contribution in [-0.4, -0.2) is 14.3 Å². The fourth-order valence-electron chi connectivity index (χ4n) is 3.14. The second-order valence-electron chi connectivity index (χ2n) is 6.72.